The standard InChI is InChI=1S/C15H19NO4/c1-15(2,14(18)19)9-10-4-5-12-11(8-10)16(3)13(17)6-7-20-12/h4-5,8H,6-7,9H2,1-3H3,(H,18,19). The SMILES string of the molecule is CN1C(=O)CCOc2ccc(CC(C)(C)C(=O)O)cc21. The summed E-state index contributed by atoms with van der Waals surface area (Å²) in [7, 11) is 1.71. The van der Waals surface area contributed by atoms with Gasteiger partial charge in [0.2, 0.25) is 5.91 Å². The molecule has 1 aliphatic heterocycles. The number of hydrogen-bond donors (Lipinski definition) is 1. The maximum atomic E-state index is 11.8. The van der Waals surface area contributed by atoms with Crippen molar-refractivity contribution in [3.63, 3.8) is 0 Å². The topological polar surface area (TPSA) is 66.8 Å². The van der Waals surface area contributed by atoms with Gasteiger partial charge >= 0.3 is 5.97 Å². The van der Waals surface area contributed by atoms with Crippen molar-refractivity contribution in [3.05, 3.63) is 23.8 Å². The number of carboxylic acid groups (broad SMARTS) is 1. The Balaban J connectivity index is 2.33. The van der Waals surface area contributed by atoms with Crippen LogP contribution >= 0.6 is 0 Å². The second kappa shape index (κ2) is 5.15. The van der Waals surface area contributed by atoms with Crippen LogP contribution in [0.5, 0.6) is 5.75 Å². The van der Waals surface area contributed by atoms with Crippen molar-refractivity contribution in [2.75, 3.05) is 18.6 Å². The van der Waals surface area contributed by atoms with Gasteiger partial charge in [-0.2, -0.15) is 0 Å². The first-order valence-electron chi connectivity index (χ1n) is 6.57. The number of carbonyl (C=O) groups excluding carboxylic acids is 1. The molecule has 0 aromatic heterocycles. The quantitative estimate of drug-likeness (QED) is 0.918. The third-order valence-electron chi connectivity index (χ3n) is 3.56. The Labute approximate surface area is 118 Å². The maximum Gasteiger partial charge on any atom is 0.309 e. The molecule has 0 unspecified atom stereocenters. The normalized spacial score (nSPS) is 15.3. The molecule has 0 saturated carbocycles. The number of rotatable bonds is 3. The maximum absolute atomic E-state index is 11.8. The zero-order valence-corrected chi connectivity index (χ0v) is 12.0. The van der Waals surface area contributed by atoms with E-state index in [1.165, 1.54) is 0 Å². The van der Waals surface area contributed by atoms with E-state index >= 15 is 0 Å². The molecule has 0 saturated heterocycles. The first-order valence-corrected chi connectivity index (χ1v) is 6.57. The van der Waals surface area contributed by atoms with Crippen LogP contribution < -0.4 is 9.64 Å². The second-order valence-corrected chi connectivity index (χ2v) is 5.72. The number of carboxylic acids is 1. The Kier molecular flexibility index (Phi) is 3.70. The molecule has 0 aliphatic carbocycles. The molecule has 0 spiro atoms. The summed E-state index contributed by atoms with van der Waals surface area (Å²) < 4.78 is 5.54. The average Bonchev–Trinajstić information content (AvgIpc) is 2.50. The first-order chi connectivity index (χ1) is 9.31. The average molecular weight is 277 g/mol. The van der Waals surface area contributed by atoms with Crippen LogP contribution in [0.1, 0.15) is 25.8 Å². The van der Waals surface area contributed by atoms with E-state index in [9.17, 15) is 14.7 Å². The molecule has 108 valence electrons. The van der Waals surface area contributed by atoms with Gasteiger partial charge in [0.15, 0.2) is 0 Å². The number of benzene rings is 1. The molecular formula is C15H19NO4. The van der Waals surface area contributed by atoms with Crippen LogP contribution in [0.25, 0.3) is 0 Å². The number of fused-ring (bicyclic) bond motifs is 1. The minimum Gasteiger partial charge on any atom is -0.491 e. The van der Waals surface area contributed by atoms with Gasteiger partial charge in [-0.25, -0.2) is 0 Å². The number of aliphatic carboxylic acids is 1. The predicted octanol–water partition coefficient (Wildman–Crippen LogP) is 2.09. The lowest BCUT2D eigenvalue weighted by Gasteiger charge is -2.21. The van der Waals surface area contributed by atoms with E-state index in [0.717, 1.165) is 5.56 Å². The Morgan fingerprint density at radius 3 is 2.80 bits per heavy atom. The lowest BCUT2D eigenvalue weighted by atomic mass is 9.86. The molecule has 1 aromatic carbocycles. The van der Waals surface area contributed by atoms with E-state index in [1.54, 1.807) is 31.9 Å². The van der Waals surface area contributed by atoms with Crippen LogP contribution in [-0.2, 0) is 16.0 Å². The highest BCUT2D eigenvalue weighted by atomic mass is 16.5. The van der Waals surface area contributed by atoms with E-state index in [2.05, 4.69) is 0 Å². The highest BCUT2D eigenvalue weighted by molar-refractivity contribution is 5.95. The molecule has 0 fully saturated rings. The summed E-state index contributed by atoms with van der Waals surface area (Å²) >= 11 is 0. The Morgan fingerprint density at radius 2 is 2.15 bits per heavy atom. The fourth-order valence-electron chi connectivity index (χ4n) is 2.19. The zero-order chi connectivity index (χ0) is 14.9. The van der Waals surface area contributed by atoms with Gasteiger partial charge in [0.05, 0.1) is 24.1 Å². The van der Waals surface area contributed by atoms with Crippen molar-refractivity contribution in [3.8, 4) is 5.75 Å². The third kappa shape index (κ3) is 2.76. The summed E-state index contributed by atoms with van der Waals surface area (Å²) in [5.74, 6) is -0.179. The number of hydrogen-bond acceptors (Lipinski definition) is 3. The zero-order valence-electron chi connectivity index (χ0n) is 12.0. The highest BCUT2D eigenvalue weighted by Crippen LogP contribution is 2.33. The second-order valence-electron chi connectivity index (χ2n) is 5.72. The van der Waals surface area contributed by atoms with E-state index in [1.807, 2.05) is 12.1 Å². The van der Waals surface area contributed by atoms with Gasteiger partial charge in [0, 0.05) is 7.05 Å². The number of anilines is 1. The number of amides is 1. The van der Waals surface area contributed by atoms with Crippen LogP contribution in [0.15, 0.2) is 18.2 Å². The molecule has 1 N–H and O–H groups in total. The molecule has 0 bridgehead atoms. The summed E-state index contributed by atoms with van der Waals surface area (Å²) in [4.78, 5) is 24.6. The van der Waals surface area contributed by atoms with Crippen LogP contribution in [0.2, 0.25) is 0 Å². The lowest BCUT2D eigenvalue weighted by Crippen LogP contribution is -2.27. The van der Waals surface area contributed by atoms with Crippen molar-refractivity contribution < 1.29 is 19.4 Å². The van der Waals surface area contributed by atoms with Gasteiger partial charge in [0.1, 0.15) is 5.75 Å². The summed E-state index contributed by atoms with van der Waals surface area (Å²) in [6.45, 7) is 3.74. The van der Waals surface area contributed by atoms with Crippen molar-refractivity contribution in [2.24, 2.45) is 5.41 Å². The van der Waals surface area contributed by atoms with Crippen LogP contribution in [0.3, 0.4) is 0 Å². The fraction of sp³-hybridized carbons (Fsp3) is 0.467. The number of ether oxygens (including phenoxy) is 1. The van der Waals surface area contributed by atoms with E-state index in [0.29, 0.717) is 30.9 Å². The van der Waals surface area contributed by atoms with Crippen molar-refractivity contribution in [1.82, 2.24) is 0 Å². The summed E-state index contributed by atoms with van der Waals surface area (Å²) in [6, 6.07) is 5.49. The largest absolute Gasteiger partial charge is 0.491 e. The summed E-state index contributed by atoms with van der Waals surface area (Å²) in [5, 5.41) is 9.19. The summed E-state index contributed by atoms with van der Waals surface area (Å²) in [5.41, 5.74) is 0.732. The molecule has 0 atom stereocenters. The molecule has 0 radical (unpaired) electrons. The van der Waals surface area contributed by atoms with Gasteiger partial charge < -0.3 is 14.7 Å². The molecule has 1 aliphatic rings. The highest BCUT2D eigenvalue weighted by Gasteiger charge is 2.28. The Bertz CT molecular complexity index is 551. The van der Waals surface area contributed by atoms with Gasteiger partial charge in [-0.1, -0.05) is 6.07 Å². The van der Waals surface area contributed by atoms with Crippen molar-refractivity contribution in [2.45, 2.75) is 26.7 Å². The minimum atomic E-state index is -0.845. The molecular weight excluding hydrogens is 258 g/mol. The molecule has 1 heterocycles. The van der Waals surface area contributed by atoms with E-state index < -0.39 is 11.4 Å². The van der Waals surface area contributed by atoms with Crippen LogP contribution in [-0.4, -0.2) is 30.6 Å². The Hall–Kier alpha value is -2.04. The molecule has 1 aromatic rings. The first kappa shape index (κ1) is 14.4. The lowest BCUT2D eigenvalue weighted by molar-refractivity contribution is -0.146. The van der Waals surface area contributed by atoms with Gasteiger partial charge in [-0.3, -0.25) is 9.59 Å². The third-order valence-corrected chi connectivity index (χ3v) is 3.56. The smallest absolute Gasteiger partial charge is 0.309 e. The molecule has 1 amide bonds. The predicted molar refractivity (Wildman–Crippen MR) is 75.1 cm³/mol. The molecule has 20 heavy (non-hydrogen) atoms. The molecule has 5 heteroatoms. The van der Waals surface area contributed by atoms with Gasteiger partial charge in [-0.15, -0.1) is 0 Å². The van der Waals surface area contributed by atoms with Crippen LogP contribution in [0, 0.1) is 5.41 Å². The van der Waals surface area contributed by atoms with Crippen molar-refractivity contribution in [1.29, 1.82) is 0 Å². The van der Waals surface area contributed by atoms with Crippen molar-refractivity contribution >= 4 is 17.6 Å². The Morgan fingerprint density at radius 1 is 1.45 bits per heavy atom. The fourth-order valence-corrected chi connectivity index (χ4v) is 2.19. The summed E-state index contributed by atoms with van der Waals surface area (Å²) in [6.07, 6.45) is 0.749. The molecule has 2 rings (SSSR count). The van der Waals surface area contributed by atoms with E-state index in [-0.39, 0.29) is 5.91 Å². The monoisotopic (exact) mass is 277 g/mol. The van der Waals surface area contributed by atoms with Crippen LogP contribution in [0.4, 0.5) is 5.69 Å². The van der Waals surface area contributed by atoms with E-state index in [4.69, 9.17) is 4.74 Å². The van der Waals surface area contributed by atoms with Gasteiger partial charge in [-0.05, 0) is 38.0 Å². The van der Waals surface area contributed by atoms with Gasteiger partial charge in [0.25, 0.3) is 0 Å². The number of carbonyl (C=O) groups is 2. The number of nitrogens with zero attached hydrogens (tertiary/aromatic N) is 1. The molecule has 5 nitrogen and oxygen atoms in total. The minimum absolute atomic E-state index is 0.00149.